The van der Waals surface area contributed by atoms with Gasteiger partial charge in [-0.1, -0.05) is 30.3 Å². The minimum absolute atomic E-state index is 0.138. The molecule has 1 atom stereocenters. The van der Waals surface area contributed by atoms with Gasteiger partial charge < -0.3 is 10.1 Å². The second kappa shape index (κ2) is 8.82. The molecular formula is C19H24N2O4S. The van der Waals surface area contributed by atoms with E-state index in [-0.39, 0.29) is 17.5 Å². The van der Waals surface area contributed by atoms with Gasteiger partial charge in [-0.15, -0.1) is 0 Å². The fraction of sp³-hybridized carbons (Fsp3) is 0.316. The van der Waals surface area contributed by atoms with E-state index >= 15 is 0 Å². The van der Waals surface area contributed by atoms with Crippen molar-refractivity contribution in [3.05, 3.63) is 60.2 Å². The van der Waals surface area contributed by atoms with E-state index in [0.717, 1.165) is 9.87 Å². The molecule has 1 amide bonds. The van der Waals surface area contributed by atoms with Gasteiger partial charge in [0.1, 0.15) is 6.54 Å². The number of aryl methyl sites for hydroxylation is 1. The van der Waals surface area contributed by atoms with Crippen molar-refractivity contribution in [2.45, 2.75) is 24.8 Å². The molecule has 2 aromatic carbocycles. The van der Waals surface area contributed by atoms with Crippen molar-refractivity contribution in [1.82, 2.24) is 5.32 Å². The minimum Gasteiger partial charge on any atom is -0.383 e. The Balaban J connectivity index is 2.36. The van der Waals surface area contributed by atoms with Crippen molar-refractivity contribution in [3.8, 4) is 0 Å². The Morgan fingerprint density at radius 3 is 2.46 bits per heavy atom. The molecule has 0 fully saturated rings. The average Bonchev–Trinajstić information content (AvgIpc) is 2.60. The third-order valence-electron chi connectivity index (χ3n) is 3.73. The molecule has 26 heavy (non-hydrogen) atoms. The highest BCUT2D eigenvalue weighted by Gasteiger charge is 2.27. The van der Waals surface area contributed by atoms with Crippen LogP contribution in [0.4, 0.5) is 5.69 Å². The van der Waals surface area contributed by atoms with Crippen molar-refractivity contribution in [2.75, 3.05) is 24.6 Å². The van der Waals surface area contributed by atoms with Gasteiger partial charge >= 0.3 is 0 Å². The van der Waals surface area contributed by atoms with Crippen molar-refractivity contribution in [3.63, 3.8) is 0 Å². The zero-order valence-corrected chi connectivity index (χ0v) is 16.0. The van der Waals surface area contributed by atoms with E-state index in [2.05, 4.69) is 5.32 Å². The zero-order chi connectivity index (χ0) is 19.2. The van der Waals surface area contributed by atoms with E-state index in [1.165, 1.54) is 12.1 Å². The van der Waals surface area contributed by atoms with Crippen molar-refractivity contribution in [2.24, 2.45) is 0 Å². The summed E-state index contributed by atoms with van der Waals surface area (Å²) in [5, 5.41) is 2.75. The molecule has 0 unspecified atom stereocenters. The van der Waals surface area contributed by atoms with Gasteiger partial charge in [0.25, 0.3) is 10.0 Å². The molecule has 0 radical (unpaired) electrons. The Bertz CT molecular complexity index is 838. The van der Waals surface area contributed by atoms with Crippen LogP contribution in [0, 0.1) is 6.92 Å². The number of nitrogens with zero attached hydrogens (tertiary/aromatic N) is 1. The number of hydrogen-bond acceptors (Lipinski definition) is 4. The second-order valence-corrected chi connectivity index (χ2v) is 7.95. The number of carbonyl (C=O) groups is 1. The summed E-state index contributed by atoms with van der Waals surface area (Å²) in [5.41, 5.74) is 1.35. The van der Waals surface area contributed by atoms with Crippen molar-refractivity contribution < 1.29 is 17.9 Å². The first kappa shape index (κ1) is 19.9. The predicted molar refractivity (Wildman–Crippen MR) is 102 cm³/mol. The van der Waals surface area contributed by atoms with Gasteiger partial charge in [-0.3, -0.25) is 9.10 Å². The maximum absolute atomic E-state index is 13.1. The molecule has 0 aliphatic carbocycles. The van der Waals surface area contributed by atoms with Gasteiger partial charge in [-0.05, 0) is 43.7 Å². The molecular weight excluding hydrogens is 352 g/mol. The number of carbonyl (C=O) groups excluding carboxylic acids is 1. The molecule has 0 bridgehead atoms. The number of ether oxygens (including phenoxy) is 1. The van der Waals surface area contributed by atoms with Crippen molar-refractivity contribution >= 4 is 21.6 Å². The lowest BCUT2D eigenvalue weighted by Crippen LogP contribution is -2.44. The van der Waals surface area contributed by atoms with Crippen LogP contribution in [0.3, 0.4) is 0 Å². The highest BCUT2D eigenvalue weighted by Crippen LogP contribution is 2.24. The fourth-order valence-electron chi connectivity index (χ4n) is 2.56. The Hall–Kier alpha value is -2.38. The molecule has 140 valence electrons. The molecule has 0 heterocycles. The van der Waals surface area contributed by atoms with Crippen LogP contribution >= 0.6 is 0 Å². The first-order chi connectivity index (χ1) is 12.3. The Kier molecular flexibility index (Phi) is 6.76. The maximum Gasteiger partial charge on any atom is 0.264 e. The molecule has 0 aliphatic rings. The lowest BCUT2D eigenvalue weighted by molar-refractivity contribution is -0.120. The number of nitrogens with one attached hydrogen (secondary N) is 1. The van der Waals surface area contributed by atoms with Gasteiger partial charge in [0.15, 0.2) is 0 Å². The normalized spacial score (nSPS) is 12.4. The third-order valence-corrected chi connectivity index (χ3v) is 5.52. The molecule has 0 aliphatic heterocycles. The predicted octanol–water partition coefficient (Wildman–Crippen LogP) is 2.34. The standard InChI is InChI=1S/C19H24N2O4S/c1-15-8-7-9-17(12-15)21(13-19(22)20-16(2)14-25-3)26(23,24)18-10-5-4-6-11-18/h4-12,16H,13-14H2,1-3H3,(H,20,22)/t16-/m1/s1. The van der Waals surface area contributed by atoms with Crippen molar-refractivity contribution in [1.29, 1.82) is 0 Å². The monoisotopic (exact) mass is 376 g/mol. The minimum atomic E-state index is -3.87. The maximum atomic E-state index is 13.1. The van der Waals surface area contributed by atoms with Gasteiger partial charge in [-0.25, -0.2) is 8.42 Å². The highest BCUT2D eigenvalue weighted by atomic mass is 32.2. The number of methoxy groups -OCH3 is 1. The summed E-state index contributed by atoms with van der Waals surface area (Å²) >= 11 is 0. The van der Waals surface area contributed by atoms with Crippen LogP contribution < -0.4 is 9.62 Å². The molecule has 0 saturated heterocycles. The fourth-order valence-corrected chi connectivity index (χ4v) is 3.99. The lowest BCUT2D eigenvalue weighted by Gasteiger charge is -2.25. The second-order valence-electron chi connectivity index (χ2n) is 6.09. The van der Waals surface area contributed by atoms with E-state index in [1.807, 2.05) is 13.0 Å². The van der Waals surface area contributed by atoms with Crippen LogP contribution in [0.15, 0.2) is 59.5 Å². The van der Waals surface area contributed by atoms with Crippen LogP contribution in [0.25, 0.3) is 0 Å². The Morgan fingerprint density at radius 2 is 1.85 bits per heavy atom. The molecule has 7 heteroatoms. The van der Waals surface area contributed by atoms with Crippen LogP contribution in [0.5, 0.6) is 0 Å². The van der Waals surface area contributed by atoms with E-state index in [1.54, 1.807) is 50.4 Å². The molecule has 0 aromatic heterocycles. The Labute approximate surface area is 154 Å². The molecule has 0 saturated carbocycles. The summed E-state index contributed by atoms with van der Waals surface area (Å²) in [4.78, 5) is 12.5. The number of anilines is 1. The zero-order valence-electron chi connectivity index (χ0n) is 15.2. The van der Waals surface area contributed by atoms with E-state index < -0.39 is 15.9 Å². The summed E-state index contributed by atoms with van der Waals surface area (Å²) in [5.74, 6) is -0.393. The lowest BCUT2D eigenvalue weighted by atomic mass is 10.2. The highest BCUT2D eigenvalue weighted by molar-refractivity contribution is 7.92. The van der Waals surface area contributed by atoms with Crippen LogP contribution in [-0.4, -0.2) is 40.6 Å². The van der Waals surface area contributed by atoms with Gasteiger partial charge in [0, 0.05) is 13.2 Å². The van der Waals surface area contributed by atoms with Gasteiger partial charge in [0.05, 0.1) is 17.2 Å². The summed E-state index contributed by atoms with van der Waals surface area (Å²) < 4.78 is 32.4. The number of hydrogen-bond donors (Lipinski definition) is 1. The summed E-state index contributed by atoms with van der Waals surface area (Å²) in [6.07, 6.45) is 0. The number of sulfonamides is 1. The molecule has 1 N–H and O–H groups in total. The third kappa shape index (κ3) is 5.06. The average molecular weight is 376 g/mol. The van der Waals surface area contributed by atoms with E-state index in [0.29, 0.717) is 12.3 Å². The van der Waals surface area contributed by atoms with Crippen LogP contribution in [-0.2, 0) is 19.6 Å². The van der Waals surface area contributed by atoms with E-state index in [9.17, 15) is 13.2 Å². The topological polar surface area (TPSA) is 75.7 Å². The molecule has 2 rings (SSSR count). The molecule has 2 aromatic rings. The van der Waals surface area contributed by atoms with Gasteiger partial charge in [-0.2, -0.15) is 0 Å². The first-order valence-electron chi connectivity index (χ1n) is 8.27. The SMILES string of the molecule is COC[C@@H](C)NC(=O)CN(c1cccc(C)c1)S(=O)(=O)c1ccccc1. The van der Waals surface area contributed by atoms with E-state index in [4.69, 9.17) is 4.74 Å². The summed E-state index contributed by atoms with van der Waals surface area (Å²) in [6.45, 7) is 3.71. The first-order valence-corrected chi connectivity index (χ1v) is 9.71. The van der Waals surface area contributed by atoms with Crippen LogP contribution in [0.2, 0.25) is 0 Å². The largest absolute Gasteiger partial charge is 0.383 e. The number of amides is 1. The number of rotatable bonds is 8. The Morgan fingerprint density at radius 1 is 1.15 bits per heavy atom. The van der Waals surface area contributed by atoms with Gasteiger partial charge in [0.2, 0.25) is 5.91 Å². The summed E-state index contributed by atoms with van der Waals surface area (Å²) in [6, 6.07) is 14.9. The molecule has 0 spiro atoms. The summed E-state index contributed by atoms with van der Waals surface area (Å²) in [7, 11) is -2.33. The smallest absolute Gasteiger partial charge is 0.264 e. The van der Waals surface area contributed by atoms with Crippen LogP contribution in [0.1, 0.15) is 12.5 Å². The molecule has 6 nitrogen and oxygen atoms in total. The quantitative estimate of drug-likeness (QED) is 0.767. The number of benzene rings is 2.